The largest absolute Gasteiger partial charge is 0.481 e. The van der Waals surface area contributed by atoms with Crippen LogP contribution in [0.1, 0.15) is 44.2 Å². The first-order valence-corrected chi connectivity index (χ1v) is 8.84. The molecule has 2 unspecified atom stereocenters. The zero-order valence-electron chi connectivity index (χ0n) is 15.5. The molecule has 0 aromatic heterocycles. The van der Waals surface area contributed by atoms with Crippen LogP contribution in [-0.2, 0) is 25.5 Å². The van der Waals surface area contributed by atoms with Crippen molar-refractivity contribution >= 4 is 17.5 Å². The molecule has 0 spiro atoms. The number of hydrogen-bond acceptors (Lipinski definition) is 5. The molecule has 0 radical (unpaired) electrons. The fourth-order valence-corrected chi connectivity index (χ4v) is 2.93. The predicted molar refractivity (Wildman–Crippen MR) is 96.8 cm³/mol. The van der Waals surface area contributed by atoms with E-state index in [2.05, 4.69) is 0 Å². The highest BCUT2D eigenvalue weighted by Gasteiger charge is 2.31. The molecular weight excluding hydrogens is 336 g/mol. The third kappa shape index (κ3) is 4.85. The number of esters is 1. The number of carboxylic acids is 1. The quantitative estimate of drug-likeness (QED) is 0.412. The standard InChI is InChI=1S/C20H26O6/c1-4-13(2)26-20(23)17(19(21)22)11-14-7-5-9-16-15(14)8-6-10-18(16)25-12-24-3/h6-8,10,13,17H,4-5,9,11-12H2,1-3H3,(H,21,22). The first-order valence-electron chi connectivity index (χ1n) is 8.84. The van der Waals surface area contributed by atoms with Gasteiger partial charge in [-0.1, -0.05) is 25.1 Å². The summed E-state index contributed by atoms with van der Waals surface area (Å²) in [7, 11) is 1.56. The minimum atomic E-state index is -1.22. The van der Waals surface area contributed by atoms with Crippen LogP contribution < -0.4 is 4.74 Å². The van der Waals surface area contributed by atoms with Crippen LogP contribution in [0.3, 0.4) is 0 Å². The van der Waals surface area contributed by atoms with Gasteiger partial charge in [0.25, 0.3) is 0 Å². The summed E-state index contributed by atoms with van der Waals surface area (Å²) in [5.41, 5.74) is 2.77. The van der Waals surface area contributed by atoms with E-state index in [4.69, 9.17) is 14.2 Å². The van der Waals surface area contributed by atoms with Gasteiger partial charge in [-0.05, 0) is 49.8 Å². The van der Waals surface area contributed by atoms with E-state index in [0.29, 0.717) is 6.42 Å². The van der Waals surface area contributed by atoms with E-state index in [1.807, 2.05) is 31.2 Å². The number of rotatable bonds is 9. The average Bonchev–Trinajstić information content (AvgIpc) is 2.63. The molecule has 0 bridgehead atoms. The highest BCUT2D eigenvalue weighted by Crippen LogP contribution is 2.36. The molecule has 26 heavy (non-hydrogen) atoms. The minimum absolute atomic E-state index is 0.103. The van der Waals surface area contributed by atoms with E-state index in [-0.39, 0.29) is 19.3 Å². The van der Waals surface area contributed by atoms with Gasteiger partial charge in [0, 0.05) is 12.7 Å². The lowest BCUT2D eigenvalue weighted by molar-refractivity contribution is -0.161. The lowest BCUT2D eigenvalue weighted by Gasteiger charge is -2.23. The molecule has 0 aliphatic heterocycles. The monoisotopic (exact) mass is 362 g/mol. The van der Waals surface area contributed by atoms with Crippen LogP contribution in [0.5, 0.6) is 5.75 Å². The normalized spacial score (nSPS) is 15.4. The third-order valence-electron chi connectivity index (χ3n) is 4.50. The first-order chi connectivity index (χ1) is 12.5. The molecular formula is C20H26O6. The molecule has 0 fully saturated rings. The summed E-state index contributed by atoms with van der Waals surface area (Å²) in [6.45, 7) is 3.79. The first kappa shape index (κ1) is 20.0. The maximum Gasteiger partial charge on any atom is 0.320 e. The zero-order valence-corrected chi connectivity index (χ0v) is 15.5. The van der Waals surface area contributed by atoms with Crippen LogP contribution in [0, 0.1) is 5.92 Å². The topological polar surface area (TPSA) is 82.1 Å². The van der Waals surface area contributed by atoms with Crippen LogP contribution in [0.4, 0.5) is 0 Å². The fraction of sp³-hybridized carbons (Fsp3) is 0.500. The molecule has 142 valence electrons. The van der Waals surface area contributed by atoms with Crippen LogP contribution in [0.15, 0.2) is 24.3 Å². The lowest BCUT2D eigenvalue weighted by Crippen LogP contribution is -2.29. The third-order valence-corrected chi connectivity index (χ3v) is 4.50. The van der Waals surface area contributed by atoms with Gasteiger partial charge in [-0.2, -0.15) is 0 Å². The number of hydrogen-bond donors (Lipinski definition) is 1. The summed E-state index contributed by atoms with van der Waals surface area (Å²) >= 11 is 0. The Bertz CT molecular complexity index is 679. The molecule has 0 amide bonds. The molecule has 1 N–H and O–H groups in total. The molecule has 0 heterocycles. The van der Waals surface area contributed by atoms with Crippen molar-refractivity contribution in [2.45, 2.75) is 45.6 Å². The molecule has 2 rings (SSSR count). The van der Waals surface area contributed by atoms with Crippen molar-refractivity contribution in [1.29, 1.82) is 0 Å². The fourth-order valence-electron chi connectivity index (χ4n) is 2.93. The molecule has 1 aromatic carbocycles. The van der Waals surface area contributed by atoms with Crippen LogP contribution in [0.2, 0.25) is 0 Å². The Morgan fingerprint density at radius 3 is 2.73 bits per heavy atom. The number of aliphatic carboxylic acids is 1. The van der Waals surface area contributed by atoms with Crippen molar-refractivity contribution in [3.63, 3.8) is 0 Å². The predicted octanol–water partition coefficient (Wildman–Crippen LogP) is 3.43. The second kappa shape index (κ2) is 9.38. The Labute approximate surface area is 153 Å². The van der Waals surface area contributed by atoms with E-state index in [1.165, 1.54) is 0 Å². The summed E-state index contributed by atoms with van der Waals surface area (Å²) in [4.78, 5) is 23.9. The van der Waals surface area contributed by atoms with E-state index in [0.717, 1.165) is 35.3 Å². The Kier molecular flexibility index (Phi) is 7.21. The Morgan fingerprint density at radius 2 is 2.08 bits per heavy atom. The summed E-state index contributed by atoms with van der Waals surface area (Å²) < 4.78 is 15.8. The van der Waals surface area contributed by atoms with Gasteiger partial charge >= 0.3 is 11.9 Å². The van der Waals surface area contributed by atoms with E-state index < -0.39 is 17.9 Å². The number of fused-ring (bicyclic) bond motifs is 1. The Balaban J connectivity index is 2.22. The van der Waals surface area contributed by atoms with Gasteiger partial charge in [-0.15, -0.1) is 0 Å². The van der Waals surface area contributed by atoms with Crippen molar-refractivity contribution in [3.8, 4) is 5.75 Å². The van der Waals surface area contributed by atoms with Gasteiger partial charge in [0.15, 0.2) is 12.7 Å². The SMILES string of the molecule is CCC(C)OC(=O)C(CC1=CCCc2c(OCOC)cccc21)C(=O)O. The molecule has 0 saturated heterocycles. The number of carboxylic acid groups (broad SMARTS) is 1. The van der Waals surface area contributed by atoms with Crippen molar-refractivity contribution in [2.24, 2.45) is 5.92 Å². The summed E-state index contributed by atoms with van der Waals surface area (Å²) in [6.07, 6.45) is 4.01. The smallest absolute Gasteiger partial charge is 0.320 e. The van der Waals surface area contributed by atoms with Gasteiger partial charge in [-0.25, -0.2) is 0 Å². The Hall–Kier alpha value is -2.34. The number of carbonyl (C=O) groups is 2. The number of benzene rings is 1. The molecule has 1 aliphatic rings. The van der Waals surface area contributed by atoms with Crippen molar-refractivity contribution < 1.29 is 28.9 Å². The second-order valence-electron chi connectivity index (χ2n) is 6.35. The molecule has 1 aliphatic carbocycles. The van der Waals surface area contributed by atoms with E-state index >= 15 is 0 Å². The van der Waals surface area contributed by atoms with Gasteiger partial charge < -0.3 is 19.3 Å². The van der Waals surface area contributed by atoms with Crippen molar-refractivity contribution in [2.75, 3.05) is 13.9 Å². The minimum Gasteiger partial charge on any atom is -0.481 e. The molecule has 2 atom stereocenters. The molecule has 6 heteroatoms. The lowest BCUT2D eigenvalue weighted by atomic mass is 9.85. The summed E-state index contributed by atoms with van der Waals surface area (Å²) in [5, 5.41) is 9.51. The maximum absolute atomic E-state index is 12.3. The summed E-state index contributed by atoms with van der Waals surface area (Å²) in [6, 6.07) is 5.65. The van der Waals surface area contributed by atoms with E-state index in [9.17, 15) is 14.7 Å². The number of allylic oxidation sites excluding steroid dienone is 2. The van der Waals surface area contributed by atoms with Crippen LogP contribution >= 0.6 is 0 Å². The highest BCUT2D eigenvalue weighted by molar-refractivity contribution is 5.96. The van der Waals surface area contributed by atoms with Crippen LogP contribution in [0.25, 0.3) is 5.57 Å². The highest BCUT2D eigenvalue weighted by atomic mass is 16.7. The molecule has 0 saturated carbocycles. The number of carbonyl (C=O) groups excluding carboxylic acids is 1. The van der Waals surface area contributed by atoms with Gasteiger partial charge in [0.1, 0.15) is 5.75 Å². The Morgan fingerprint density at radius 1 is 1.31 bits per heavy atom. The number of ether oxygens (including phenoxy) is 3. The van der Waals surface area contributed by atoms with Gasteiger partial charge in [0.05, 0.1) is 6.10 Å². The van der Waals surface area contributed by atoms with Crippen molar-refractivity contribution in [1.82, 2.24) is 0 Å². The average molecular weight is 362 g/mol. The maximum atomic E-state index is 12.3. The molecule has 1 aromatic rings. The van der Waals surface area contributed by atoms with Crippen LogP contribution in [-0.4, -0.2) is 37.1 Å². The number of methoxy groups -OCH3 is 1. The van der Waals surface area contributed by atoms with Crippen molar-refractivity contribution in [3.05, 3.63) is 35.4 Å². The van der Waals surface area contributed by atoms with Gasteiger partial charge in [-0.3, -0.25) is 9.59 Å². The summed E-state index contributed by atoms with van der Waals surface area (Å²) in [5.74, 6) is -2.35. The molecule has 6 nitrogen and oxygen atoms in total. The van der Waals surface area contributed by atoms with Gasteiger partial charge in [0.2, 0.25) is 0 Å². The van der Waals surface area contributed by atoms with E-state index in [1.54, 1.807) is 14.0 Å². The zero-order chi connectivity index (χ0) is 19.1. The second-order valence-corrected chi connectivity index (χ2v) is 6.35.